The molecule has 0 saturated heterocycles. The Balaban J connectivity index is 0.927. The van der Waals surface area contributed by atoms with E-state index in [2.05, 4.69) is 97.1 Å². The minimum atomic E-state index is -0.678. The molecule has 0 radical (unpaired) electrons. The van der Waals surface area contributed by atoms with Gasteiger partial charge in [-0.1, -0.05) is 97.1 Å². The van der Waals surface area contributed by atoms with Crippen molar-refractivity contribution in [3.8, 4) is 69.3 Å². The van der Waals surface area contributed by atoms with Gasteiger partial charge in [0, 0.05) is 11.1 Å². The lowest BCUT2D eigenvalue weighted by atomic mass is 9.67. The second-order valence-corrected chi connectivity index (χ2v) is 17.3. The summed E-state index contributed by atoms with van der Waals surface area (Å²) in [6.45, 7) is 3.02. The minimum Gasteiger partial charge on any atom is -0.456 e. The van der Waals surface area contributed by atoms with Crippen molar-refractivity contribution in [3.05, 3.63) is 251 Å². The minimum absolute atomic E-state index is 0.0425. The standard InChI is InChI=1S/C63H40N2O6/c1-39(66)41-19-27-49(28-20-41)68-59-13-7-15-61(55(59)37-64)70-51-31-23-43-33-47(25-17-45(43)35-51)63(57-11-5-3-9-53(57)54-10-4-6-12-58(54)63)48-26-18-46-36-52(32-24-44(46)34-48)71-62-16-8-14-60(56(62)38-65)69-50-29-21-42(22-30-50)40(2)67/h3-36H,1-2H3. The molecule has 8 heteroatoms. The summed E-state index contributed by atoms with van der Waals surface area (Å²) in [6, 6.07) is 70.9. The third-order valence-electron chi connectivity index (χ3n) is 13.1. The predicted molar refractivity (Wildman–Crippen MR) is 274 cm³/mol. The highest BCUT2D eigenvalue weighted by Crippen LogP contribution is 2.56. The van der Waals surface area contributed by atoms with Crippen molar-refractivity contribution in [3.63, 3.8) is 0 Å². The topological polar surface area (TPSA) is 119 Å². The molecule has 1 aliphatic carbocycles. The highest BCUT2D eigenvalue weighted by Gasteiger charge is 2.46. The fourth-order valence-corrected chi connectivity index (χ4v) is 9.67. The number of ether oxygens (including phenoxy) is 4. The van der Waals surface area contributed by atoms with Crippen LogP contribution in [0.25, 0.3) is 32.7 Å². The summed E-state index contributed by atoms with van der Waals surface area (Å²) in [5.74, 6) is 3.44. The third kappa shape index (κ3) is 7.96. The van der Waals surface area contributed by atoms with Gasteiger partial charge in [-0.2, -0.15) is 10.5 Å². The summed E-state index contributed by atoms with van der Waals surface area (Å²) in [5.41, 5.74) is 7.88. The van der Waals surface area contributed by atoms with Crippen LogP contribution in [0.3, 0.4) is 0 Å². The first-order valence-electron chi connectivity index (χ1n) is 23.0. The monoisotopic (exact) mass is 920 g/mol. The number of benzene rings is 10. The highest BCUT2D eigenvalue weighted by atomic mass is 16.5. The first-order chi connectivity index (χ1) is 34.7. The molecule has 71 heavy (non-hydrogen) atoms. The SMILES string of the molecule is CC(=O)c1ccc(Oc2cccc(Oc3ccc4cc(C5(c6ccc7cc(Oc8cccc(Oc9ccc(C(C)=O)cc9)c8C#N)ccc7c6)c6ccccc6-c6ccccc65)ccc4c3)c2C#N)cc1. The summed E-state index contributed by atoms with van der Waals surface area (Å²) in [5, 5.41) is 24.5. The van der Waals surface area contributed by atoms with Gasteiger partial charge in [0.2, 0.25) is 0 Å². The van der Waals surface area contributed by atoms with E-state index >= 15 is 0 Å². The molecule has 1 aliphatic rings. The molecular formula is C63H40N2O6. The first kappa shape index (κ1) is 43.8. The lowest BCUT2D eigenvalue weighted by Crippen LogP contribution is -2.28. The van der Waals surface area contributed by atoms with Gasteiger partial charge in [0.15, 0.2) is 11.6 Å². The average molecular weight is 921 g/mol. The van der Waals surface area contributed by atoms with E-state index < -0.39 is 5.41 Å². The van der Waals surface area contributed by atoms with Gasteiger partial charge in [0.1, 0.15) is 69.3 Å². The molecular weight excluding hydrogens is 881 g/mol. The van der Waals surface area contributed by atoms with E-state index in [1.54, 1.807) is 84.9 Å². The quantitative estimate of drug-likeness (QED) is 0.111. The second-order valence-electron chi connectivity index (χ2n) is 17.3. The lowest BCUT2D eigenvalue weighted by Gasteiger charge is -2.34. The van der Waals surface area contributed by atoms with Crippen LogP contribution in [0.5, 0.6) is 46.0 Å². The molecule has 10 aromatic rings. The maximum atomic E-state index is 11.8. The Bertz CT molecular complexity index is 3610. The molecule has 0 heterocycles. The van der Waals surface area contributed by atoms with Crippen molar-refractivity contribution in [2.24, 2.45) is 0 Å². The van der Waals surface area contributed by atoms with E-state index in [0.717, 1.165) is 32.7 Å². The Hall–Kier alpha value is -9.76. The molecule has 0 saturated carbocycles. The molecule has 0 spiro atoms. The molecule has 0 atom stereocenters. The molecule has 0 unspecified atom stereocenters. The zero-order chi connectivity index (χ0) is 48.6. The van der Waals surface area contributed by atoms with Crippen LogP contribution >= 0.6 is 0 Å². The number of Topliss-reactive ketones (excluding diaryl/α,β-unsaturated/α-hetero) is 2. The molecule has 0 fully saturated rings. The van der Waals surface area contributed by atoms with Crippen molar-refractivity contribution in [1.82, 2.24) is 0 Å². The maximum absolute atomic E-state index is 11.8. The number of nitrogens with zero attached hydrogens (tertiary/aromatic N) is 2. The van der Waals surface area contributed by atoms with Gasteiger partial charge in [0.05, 0.1) is 5.41 Å². The Morgan fingerprint density at radius 3 is 1.10 bits per heavy atom. The normalized spacial score (nSPS) is 12.0. The van der Waals surface area contributed by atoms with E-state index in [9.17, 15) is 20.1 Å². The zero-order valence-corrected chi connectivity index (χ0v) is 38.5. The summed E-state index contributed by atoms with van der Waals surface area (Å²) < 4.78 is 25.0. The summed E-state index contributed by atoms with van der Waals surface area (Å²) >= 11 is 0. The van der Waals surface area contributed by atoms with Crippen LogP contribution in [0.2, 0.25) is 0 Å². The van der Waals surface area contributed by atoms with Gasteiger partial charge in [-0.05, 0) is 178 Å². The molecule has 0 N–H and O–H groups in total. The van der Waals surface area contributed by atoms with Gasteiger partial charge >= 0.3 is 0 Å². The van der Waals surface area contributed by atoms with E-state index in [-0.39, 0.29) is 22.7 Å². The van der Waals surface area contributed by atoms with Crippen molar-refractivity contribution < 1.29 is 28.5 Å². The molecule has 0 aromatic heterocycles. The first-order valence-corrected chi connectivity index (χ1v) is 23.0. The summed E-state index contributed by atoms with van der Waals surface area (Å²) in [7, 11) is 0. The average Bonchev–Trinajstić information content (AvgIpc) is 3.70. The van der Waals surface area contributed by atoms with Gasteiger partial charge in [-0.3, -0.25) is 9.59 Å². The maximum Gasteiger partial charge on any atom is 0.159 e. The molecule has 11 rings (SSSR count). The van der Waals surface area contributed by atoms with Gasteiger partial charge in [-0.15, -0.1) is 0 Å². The van der Waals surface area contributed by atoms with Crippen molar-refractivity contribution in [1.29, 1.82) is 10.5 Å². The highest BCUT2D eigenvalue weighted by molar-refractivity contribution is 5.95. The van der Waals surface area contributed by atoms with Crippen LogP contribution in [0.4, 0.5) is 0 Å². The third-order valence-corrected chi connectivity index (χ3v) is 13.1. The van der Waals surface area contributed by atoms with Crippen LogP contribution in [-0.2, 0) is 5.41 Å². The van der Waals surface area contributed by atoms with Crippen molar-refractivity contribution in [2.45, 2.75) is 19.3 Å². The number of hydrogen-bond donors (Lipinski definition) is 0. The Labute approximate surface area is 409 Å². The summed E-state index contributed by atoms with van der Waals surface area (Å²) in [6.07, 6.45) is 0. The molecule has 0 amide bonds. The Morgan fingerprint density at radius 2 is 0.718 bits per heavy atom. The van der Waals surface area contributed by atoms with Crippen LogP contribution in [-0.4, -0.2) is 11.6 Å². The molecule has 0 aliphatic heterocycles. The van der Waals surface area contributed by atoms with Crippen LogP contribution in [0.1, 0.15) is 67.9 Å². The number of rotatable bonds is 12. The number of ketones is 2. The van der Waals surface area contributed by atoms with Crippen LogP contribution in [0, 0.1) is 22.7 Å². The Morgan fingerprint density at radius 1 is 0.380 bits per heavy atom. The molecule has 8 nitrogen and oxygen atoms in total. The van der Waals surface area contributed by atoms with Crippen LogP contribution in [0.15, 0.2) is 206 Å². The predicted octanol–water partition coefficient (Wildman–Crippen LogP) is 15.7. The van der Waals surface area contributed by atoms with Gasteiger partial charge in [-0.25, -0.2) is 0 Å². The van der Waals surface area contributed by atoms with E-state index in [1.807, 2.05) is 36.4 Å². The number of hydrogen-bond acceptors (Lipinski definition) is 8. The van der Waals surface area contributed by atoms with Gasteiger partial charge in [0.25, 0.3) is 0 Å². The van der Waals surface area contributed by atoms with Crippen LogP contribution < -0.4 is 18.9 Å². The number of carbonyl (C=O) groups is 2. The fourth-order valence-electron chi connectivity index (χ4n) is 9.67. The largest absolute Gasteiger partial charge is 0.456 e. The zero-order valence-electron chi connectivity index (χ0n) is 38.5. The number of carbonyl (C=O) groups excluding carboxylic acids is 2. The van der Waals surface area contributed by atoms with E-state index in [4.69, 9.17) is 18.9 Å². The number of nitriles is 2. The summed E-state index contributed by atoms with van der Waals surface area (Å²) in [4.78, 5) is 23.6. The van der Waals surface area contributed by atoms with E-state index in [1.165, 1.54) is 36.1 Å². The lowest BCUT2D eigenvalue weighted by molar-refractivity contribution is 0.100. The molecule has 0 bridgehead atoms. The van der Waals surface area contributed by atoms with E-state index in [0.29, 0.717) is 57.1 Å². The van der Waals surface area contributed by atoms with Crippen molar-refractivity contribution >= 4 is 33.1 Å². The van der Waals surface area contributed by atoms with Crippen molar-refractivity contribution in [2.75, 3.05) is 0 Å². The molecule has 10 aromatic carbocycles. The van der Waals surface area contributed by atoms with Gasteiger partial charge < -0.3 is 18.9 Å². The smallest absolute Gasteiger partial charge is 0.159 e. The Kier molecular flexibility index (Phi) is 11.1. The fraction of sp³-hybridized carbons (Fsp3) is 0.0476. The second kappa shape index (κ2) is 18.0. The number of fused-ring (bicyclic) bond motifs is 5. The molecule has 338 valence electrons.